The number of hydrogen-bond donors (Lipinski definition) is 2. The Morgan fingerprint density at radius 3 is 2.38 bits per heavy atom. The van der Waals surface area contributed by atoms with Crippen LogP contribution < -0.4 is 11.5 Å². The van der Waals surface area contributed by atoms with Crippen molar-refractivity contribution in [1.82, 2.24) is 0 Å². The van der Waals surface area contributed by atoms with Crippen molar-refractivity contribution in [3.05, 3.63) is 12.7 Å². The molecule has 0 aromatic heterocycles. The maximum Gasteiger partial charge on any atom is 0.0319 e. The van der Waals surface area contributed by atoms with Gasteiger partial charge in [-0.15, -0.1) is 6.58 Å². The van der Waals surface area contributed by atoms with Gasteiger partial charge in [0.1, 0.15) is 0 Å². The molecule has 0 rings (SSSR count). The summed E-state index contributed by atoms with van der Waals surface area (Å²) in [5, 5.41) is 0. The van der Waals surface area contributed by atoms with E-state index >= 15 is 0 Å². The molecule has 2 nitrogen and oxygen atoms in total. The standard InChI is InChI=1S/C6H14N2/c1-3-6(2,8)4-5-7/h3H,1,4-5,7-8H2,2H3. The van der Waals surface area contributed by atoms with Crippen molar-refractivity contribution in [2.75, 3.05) is 6.54 Å². The Hall–Kier alpha value is -0.340. The van der Waals surface area contributed by atoms with Gasteiger partial charge in [-0.25, -0.2) is 0 Å². The van der Waals surface area contributed by atoms with Crippen LogP contribution in [0.1, 0.15) is 13.3 Å². The van der Waals surface area contributed by atoms with Gasteiger partial charge in [0.25, 0.3) is 0 Å². The van der Waals surface area contributed by atoms with Crippen LogP contribution in [0.2, 0.25) is 0 Å². The quantitative estimate of drug-likeness (QED) is 0.516. The van der Waals surface area contributed by atoms with Gasteiger partial charge in [0, 0.05) is 5.54 Å². The molecule has 0 fully saturated rings. The Morgan fingerprint density at radius 1 is 1.75 bits per heavy atom. The summed E-state index contributed by atoms with van der Waals surface area (Å²) in [5.41, 5.74) is 10.6. The fraction of sp³-hybridized carbons (Fsp3) is 0.667. The molecule has 0 spiro atoms. The van der Waals surface area contributed by atoms with Crippen LogP contribution in [0.25, 0.3) is 0 Å². The summed E-state index contributed by atoms with van der Waals surface area (Å²) in [4.78, 5) is 0. The van der Waals surface area contributed by atoms with Crippen LogP contribution in [0.4, 0.5) is 0 Å². The van der Waals surface area contributed by atoms with Gasteiger partial charge in [-0.3, -0.25) is 0 Å². The SMILES string of the molecule is C=CC(C)(N)CCN. The monoisotopic (exact) mass is 114 g/mol. The van der Waals surface area contributed by atoms with Crippen LogP contribution in [0, 0.1) is 0 Å². The fourth-order valence-corrected chi connectivity index (χ4v) is 0.413. The molecular formula is C6H14N2. The molecule has 0 aliphatic rings. The molecule has 0 aliphatic heterocycles. The molecule has 1 atom stereocenters. The zero-order chi connectivity index (χ0) is 6.62. The highest BCUT2D eigenvalue weighted by Crippen LogP contribution is 2.03. The molecule has 0 amide bonds. The Balaban J connectivity index is 3.53. The first-order valence-corrected chi connectivity index (χ1v) is 2.75. The van der Waals surface area contributed by atoms with E-state index in [2.05, 4.69) is 6.58 Å². The van der Waals surface area contributed by atoms with E-state index in [1.807, 2.05) is 6.92 Å². The normalized spacial score (nSPS) is 17.4. The van der Waals surface area contributed by atoms with Crippen LogP contribution >= 0.6 is 0 Å². The zero-order valence-electron chi connectivity index (χ0n) is 5.35. The summed E-state index contributed by atoms with van der Waals surface area (Å²) in [5.74, 6) is 0. The van der Waals surface area contributed by atoms with E-state index in [0.717, 1.165) is 6.42 Å². The van der Waals surface area contributed by atoms with E-state index in [-0.39, 0.29) is 5.54 Å². The van der Waals surface area contributed by atoms with E-state index in [9.17, 15) is 0 Å². The lowest BCUT2D eigenvalue weighted by atomic mass is 10.0. The molecule has 2 heteroatoms. The van der Waals surface area contributed by atoms with Crippen molar-refractivity contribution in [3.63, 3.8) is 0 Å². The molecule has 0 aromatic carbocycles. The Bertz CT molecular complexity index is 76.6. The third-order valence-corrected chi connectivity index (χ3v) is 1.15. The second-order valence-corrected chi connectivity index (χ2v) is 2.25. The smallest absolute Gasteiger partial charge is 0.0319 e. The first-order valence-electron chi connectivity index (χ1n) is 2.75. The molecule has 0 radical (unpaired) electrons. The molecule has 8 heavy (non-hydrogen) atoms. The first kappa shape index (κ1) is 7.66. The Morgan fingerprint density at radius 2 is 2.25 bits per heavy atom. The second-order valence-electron chi connectivity index (χ2n) is 2.25. The number of nitrogens with two attached hydrogens (primary N) is 2. The minimum absolute atomic E-state index is 0.269. The van der Waals surface area contributed by atoms with Gasteiger partial charge in [0.05, 0.1) is 0 Å². The maximum atomic E-state index is 5.63. The van der Waals surface area contributed by atoms with Crippen molar-refractivity contribution in [2.45, 2.75) is 18.9 Å². The highest BCUT2D eigenvalue weighted by atomic mass is 14.7. The third-order valence-electron chi connectivity index (χ3n) is 1.15. The Kier molecular flexibility index (Phi) is 2.72. The third kappa shape index (κ3) is 2.77. The molecule has 0 aromatic rings. The second kappa shape index (κ2) is 2.84. The van der Waals surface area contributed by atoms with Gasteiger partial charge >= 0.3 is 0 Å². The maximum absolute atomic E-state index is 5.63. The summed E-state index contributed by atoms with van der Waals surface area (Å²) in [6.45, 7) is 6.10. The van der Waals surface area contributed by atoms with Crippen molar-refractivity contribution in [2.24, 2.45) is 11.5 Å². The highest BCUT2D eigenvalue weighted by molar-refractivity contribution is 4.96. The van der Waals surface area contributed by atoms with Crippen LogP contribution in [0.5, 0.6) is 0 Å². The van der Waals surface area contributed by atoms with Crippen LogP contribution in [0.3, 0.4) is 0 Å². The first-order chi connectivity index (χ1) is 3.62. The van der Waals surface area contributed by atoms with Gasteiger partial charge in [0.2, 0.25) is 0 Å². The lowest BCUT2D eigenvalue weighted by molar-refractivity contribution is 0.543. The van der Waals surface area contributed by atoms with Crippen molar-refractivity contribution in [1.29, 1.82) is 0 Å². The minimum atomic E-state index is -0.269. The van der Waals surface area contributed by atoms with Gasteiger partial charge in [-0.1, -0.05) is 6.08 Å². The van der Waals surface area contributed by atoms with Crippen molar-refractivity contribution in [3.8, 4) is 0 Å². The molecule has 48 valence electrons. The largest absolute Gasteiger partial charge is 0.330 e. The molecule has 0 aliphatic carbocycles. The molecule has 0 saturated carbocycles. The van der Waals surface area contributed by atoms with Crippen LogP contribution in [-0.2, 0) is 0 Å². The number of hydrogen-bond acceptors (Lipinski definition) is 2. The molecule has 4 N–H and O–H groups in total. The van der Waals surface area contributed by atoms with Crippen LogP contribution in [0.15, 0.2) is 12.7 Å². The van der Waals surface area contributed by atoms with Gasteiger partial charge in [-0.2, -0.15) is 0 Å². The molecular weight excluding hydrogens is 100 g/mol. The molecule has 0 heterocycles. The van der Waals surface area contributed by atoms with E-state index in [1.54, 1.807) is 6.08 Å². The summed E-state index contributed by atoms with van der Waals surface area (Å²) in [7, 11) is 0. The Labute approximate surface area is 50.6 Å². The predicted molar refractivity (Wildman–Crippen MR) is 36.5 cm³/mol. The molecule has 0 saturated heterocycles. The fourth-order valence-electron chi connectivity index (χ4n) is 0.413. The summed E-state index contributed by atoms with van der Waals surface area (Å²) < 4.78 is 0. The molecule has 0 bridgehead atoms. The highest BCUT2D eigenvalue weighted by Gasteiger charge is 2.09. The average molecular weight is 114 g/mol. The zero-order valence-corrected chi connectivity index (χ0v) is 5.35. The van der Waals surface area contributed by atoms with Gasteiger partial charge in [0.15, 0.2) is 0 Å². The van der Waals surface area contributed by atoms with E-state index in [4.69, 9.17) is 11.5 Å². The van der Waals surface area contributed by atoms with Crippen molar-refractivity contribution >= 4 is 0 Å². The summed E-state index contributed by atoms with van der Waals surface area (Å²) >= 11 is 0. The van der Waals surface area contributed by atoms with Gasteiger partial charge in [-0.05, 0) is 19.9 Å². The van der Waals surface area contributed by atoms with E-state index < -0.39 is 0 Å². The summed E-state index contributed by atoms with van der Waals surface area (Å²) in [6.07, 6.45) is 2.52. The van der Waals surface area contributed by atoms with Gasteiger partial charge < -0.3 is 11.5 Å². The van der Waals surface area contributed by atoms with E-state index in [1.165, 1.54) is 0 Å². The topological polar surface area (TPSA) is 52.0 Å². The minimum Gasteiger partial charge on any atom is -0.330 e. The predicted octanol–water partition coefficient (Wildman–Crippen LogP) is 0.239. The van der Waals surface area contributed by atoms with E-state index in [0.29, 0.717) is 6.54 Å². The lowest BCUT2D eigenvalue weighted by Gasteiger charge is -2.17. The van der Waals surface area contributed by atoms with Crippen LogP contribution in [-0.4, -0.2) is 12.1 Å². The average Bonchev–Trinajstić information content (AvgIpc) is 1.67. The molecule has 1 unspecified atom stereocenters. The number of rotatable bonds is 3. The van der Waals surface area contributed by atoms with Crippen molar-refractivity contribution < 1.29 is 0 Å². The summed E-state index contributed by atoms with van der Waals surface area (Å²) in [6, 6.07) is 0. The lowest BCUT2D eigenvalue weighted by Crippen LogP contribution is -2.35.